The molecule has 0 unspecified atom stereocenters. The Morgan fingerprint density at radius 3 is 1.79 bits per heavy atom. The quantitative estimate of drug-likeness (QED) is 0.320. The van der Waals surface area contributed by atoms with Crippen molar-refractivity contribution in [3.63, 3.8) is 0 Å². The third-order valence-corrected chi connectivity index (χ3v) is 8.08. The molecule has 2 aromatic carbocycles. The number of halogens is 7. The summed E-state index contributed by atoms with van der Waals surface area (Å²) in [6, 6.07) is 5.88. The maximum Gasteiger partial charge on any atom is 0.573 e. The van der Waals surface area contributed by atoms with Gasteiger partial charge in [-0.05, 0) is 55.2 Å². The molecule has 0 bridgehead atoms. The van der Waals surface area contributed by atoms with E-state index in [-0.39, 0.29) is 24.3 Å². The molecule has 2 saturated carbocycles. The van der Waals surface area contributed by atoms with Gasteiger partial charge in [-0.25, -0.2) is 8.78 Å². The average Bonchev–Trinajstić information content (AvgIpc) is 2.85. The van der Waals surface area contributed by atoms with Crippen LogP contribution in [0.4, 0.5) is 30.7 Å². The van der Waals surface area contributed by atoms with E-state index in [4.69, 9.17) is 9.47 Å². The van der Waals surface area contributed by atoms with Gasteiger partial charge in [-0.3, -0.25) is 0 Å². The lowest BCUT2D eigenvalue weighted by Crippen LogP contribution is -2.42. The molecule has 1 aliphatic heterocycles. The van der Waals surface area contributed by atoms with E-state index in [1.807, 2.05) is 0 Å². The fourth-order valence-electron chi connectivity index (χ4n) is 5.68. The maximum atomic E-state index is 14.7. The minimum absolute atomic E-state index is 0.181. The van der Waals surface area contributed by atoms with Crippen LogP contribution in [0.25, 0.3) is 0 Å². The molecule has 1 saturated heterocycles. The molecule has 214 valence electrons. The lowest BCUT2D eigenvalue weighted by atomic mass is 9.75. The van der Waals surface area contributed by atoms with Crippen LogP contribution >= 0.6 is 0 Å². The number of ether oxygens (including phenoxy) is 4. The first-order chi connectivity index (χ1) is 18.5. The van der Waals surface area contributed by atoms with Crippen molar-refractivity contribution in [2.75, 3.05) is 13.2 Å². The number of hydrogen-bond acceptors (Lipinski definition) is 4. The summed E-state index contributed by atoms with van der Waals surface area (Å²) >= 11 is 0. The second-order valence-corrected chi connectivity index (χ2v) is 10.6. The average molecular weight is 563 g/mol. The van der Waals surface area contributed by atoms with E-state index in [9.17, 15) is 30.7 Å². The van der Waals surface area contributed by atoms with Crippen molar-refractivity contribution >= 4 is 0 Å². The molecule has 2 aromatic rings. The maximum absolute atomic E-state index is 14.7. The summed E-state index contributed by atoms with van der Waals surface area (Å²) in [5.74, 6) is -4.70. The number of alkyl halides is 5. The van der Waals surface area contributed by atoms with E-state index in [0.717, 1.165) is 50.4 Å². The Morgan fingerprint density at radius 1 is 0.692 bits per heavy atom. The monoisotopic (exact) mass is 562 g/mol. The number of hydrogen-bond donors (Lipinski definition) is 0. The van der Waals surface area contributed by atoms with Crippen LogP contribution in [0.5, 0.6) is 11.5 Å². The Kier molecular flexibility index (Phi) is 8.01. The van der Waals surface area contributed by atoms with Crippen molar-refractivity contribution < 1.29 is 49.7 Å². The molecule has 0 aromatic heterocycles. The van der Waals surface area contributed by atoms with Crippen LogP contribution < -0.4 is 9.47 Å². The molecule has 3 fully saturated rings. The van der Waals surface area contributed by atoms with Gasteiger partial charge in [0.05, 0.1) is 18.8 Å². The normalized spacial score (nSPS) is 26.6. The molecule has 0 atom stereocenters. The van der Waals surface area contributed by atoms with Crippen LogP contribution in [0.15, 0.2) is 36.4 Å². The van der Waals surface area contributed by atoms with Crippen LogP contribution in [-0.2, 0) is 15.6 Å². The SMILES string of the molecule is Fc1cc(OC(F)(F)c2ccc(C3CCC(C4OCC(C5CCC5)CO4)CC3)cc2)cc(F)c1OC(F)(F)F. The molecule has 0 amide bonds. The number of rotatable bonds is 7. The van der Waals surface area contributed by atoms with E-state index < -0.39 is 41.2 Å². The highest BCUT2D eigenvalue weighted by Crippen LogP contribution is 2.42. The molecule has 39 heavy (non-hydrogen) atoms. The zero-order chi connectivity index (χ0) is 27.8. The molecular weight excluding hydrogens is 533 g/mol. The topological polar surface area (TPSA) is 36.9 Å². The van der Waals surface area contributed by atoms with Crippen molar-refractivity contribution in [2.24, 2.45) is 17.8 Å². The van der Waals surface area contributed by atoms with Crippen molar-refractivity contribution in [1.82, 2.24) is 0 Å². The fraction of sp³-hybridized carbons (Fsp3) is 0.571. The third kappa shape index (κ3) is 6.62. The van der Waals surface area contributed by atoms with Crippen LogP contribution in [0, 0.1) is 29.4 Å². The van der Waals surface area contributed by atoms with E-state index in [2.05, 4.69) is 9.47 Å². The van der Waals surface area contributed by atoms with Crippen molar-refractivity contribution in [2.45, 2.75) is 69.6 Å². The predicted octanol–water partition coefficient (Wildman–Crippen LogP) is 8.05. The minimum atomic E-state index is -5.36. The molecule has 0 N–H and O–H groups in total. The van der Waals surface area contributed by atoms with Gasteiger partial charge in [-0.15, -0.1) is 13.2 Å². The standard InChI is InChI=1S/C28H29F7O4/c29-23-12-22(13-24(30)25(23)39-28(33,34)35)38-27(31,32)21-10-8-18(9-11-21)17-4-6-19(7-5-17)26-36-14-20(15-37-26)16-2-1-3-16/h8-13,16-17,19-20,26H,1-7,14-15H2. The summed E-state index contributed by atoms with van der Waals surface area (Å²) in [5, 5.41) is 0. The summed E-state index contributed by atoms with van der Waals surface area (Å²) in [4.78, 5) is 0. The Bertz CT molecular complexity index is 1090. The fourth-order valence-corrected chi connectivity index (χ4v) is 5.68. The molecule has 11 heteroatoms. The van der Waals surface area contributed by atoms with Gasteiger partial charge in [0.15, 0.2) is 17.9 Å². The molecular formula is C28H29F7O4. The highest BCUT2D eigenvalue weighted by molar-refractivity contribution is 5.36. The zero-order valence-electron chi connectivity index (χ0n) is 21.0. The van der Waals surface area contributed by atoms with Gasteiger partial charge in [0.25, 0.3) is 0 Å². The molecule has 2 aliphatic carbocycles. The molecule has 4 nitrogen and oxygen atoms in total. The van der Waals surface area contributed by atoms with Crippen LogP contribution in [0.3, 0.4) is 0 Å². The Hall–Kier alpha value is -2.53. The van der Waals surface area contributed by atoms with E-state index in [1.165, 1.54) is 31.4 Å². The van der Waals surface area contributed by atoms with Crippen LogP contribution in [-0.4, -0.2) is 25.9 Å². The second kappa shape index (κ2) is 11.2. The summed E-state index contributed by atoms with van der Waals surface area (Å²) in [7, 11) is 0. The van der Waals surface area contributed by atoms with E-state index in [0.29, 0.717) is 11.8 Å². The molecule has 5 rings (SSSR count). The van der Waals surface area contributed by atoms with E-state index in [1.54, 1.807) is 12.1 Å². The minimum Gasteiger partial charge on any atom is -0.429 e. The number of benzene rings is 2. The Labute approximate surface area is 221 Å². The summed E-state index contributed by atoms with van der Waals surface area (Å²) in [6.45, 7) is 1.50. The van der Waals surface area contributed by atoms with Gasteiger partial charge in [-0.2, -0.15) is 8.78 Å². The van der Waals surface area contributed by atoms with Crippen LogP contribution in [0.1, 0.15) is 62.0 Å². The van der Waals surface area contributed by atoms with Crippen molar-refractivity contribution in [3.05, 3.63) is 59.2 Å². The largest absolute Gasteiger partial charge is 0.573 e. The van der Waals surface area contributed by atoms with Gasteiger partial charge in [0.1, 0.15) is 5.75 Å². The molecule has 3 aliphatic rings. The molecule has 0 radical (unpaired) electrons. The van der Waals surface area contributed by atoms with Crippen molar-refractivity contribution in [3.8, 4) is 11.5 Å². The summed E-state index contributed by atoms with van der Waals surface area (Å²) < 4.78 is 114. The van der Waals surface area contributed by atoms with E-state index >= 15 is 0 Å². The molecule has 1 heterocycles. The first-order valence-electron chi connectivity index (χ1n) is 13.1. The third-order valence-electron chi connectivity index (χ3n) is 8.08. The van der Waals surface area contributed by atoms with Gasteiger partial charge < -0.3 is 18.9 Å². The summed E-state index contributed by atoms with van der Waals surface area (Å²) in [5.41, 5.74) is 0.315. The Morgan fingerprint density at radius 2 is 1.28 bits per heavy atom. The lowest BCUT2D eigenvalue weighted by molar-refractivity contribution is -0.276. The van der Waals surface area contributed by atoms with Gasteiger partial charge >= 0.3 is 12.5 Å². The van der Waals surface area contributed by atoms with Gasteiger partial charge in [0.2, 0.25) is 5.75 Å². The first kappa shape index (κ1) is 28.0. The van der Waals surface area contributed by atoms with Crippen LogP contribution in [0.2, 0.25) is 0 Å². The first-order valence-corrected chi connectivity index (χ1v) is 13.1. The highest BCUT2D eigenvalue weighted by atomic mass is 19.4. The van der Waals surface area contributed by atoms with Crippen molar-refractivity contribution in [1.29, 1.82) is 0 Å². The lowest BCUT2D eigenvalue weighted by Gasteiger charge is -2.41. The Balaban J connectivity index is 1.15. The highest BCUT2D eigenvalue weighted by Gasteiger charge is 2.39. The second-order valence-electron chi connectivity index (χ2n) is 10.6. The summed E-state index contributed by atoms with van der Waals surface area (Å²) in [6.07, 6.45) is -2.22. The zero-order valence-corrected chi connectivity index (χ0v) is 21.0. The van der Waals surface area contributed by atoms with Gasteiger partial charge in [-0.1, -0.05) is 31.4 Å². The predicted molar refractivity (Wildman–Crippen MR) is 125 cm³/mol. The van der Waals surface area contributed by atoms with Gasteiger partial charge in [0, 0.05) is 24.0 Å². The molecule has 0 spiro atoms. The smallest absolute Gasteiger partial charge is 0.429 e.